The average Bonchev–Trinajstić information content (AvgIpc) is 2.59. The minimum absolute atomic E-state index is 0.0249. The summed E-state index contributed by atoms with van der Waals surface area (Å²) in [4.78, 5) is 13.5. The Hall–Kier alpha value is -2.09. The molecular formula is C25H33NO. The highest BCUT2D eigenvalue weighted by atomic mass is 16.1. The Morgan fingerprint density at radius 1 is 0.778 bits per heavy atom. The Labute approximate surface area is 163 Å². The fourth-order valence-corrected chi connectivity index (χ4v) is 3.67. The van der Waals surface area contributed by atoms with Gasteiger partial charge in [0.15, 0.2) is 5.43 Å². The van der Waals surface area contributed by atoms with E-state index >= 15 is 0 Å². The Kier molecular flexibility index (Phi) is 4.96. The highest BCUT2D eigenvalue weighted by molar-refractivity contribution is 5.94. The van der Waals surface area contributed by atoms with Gasteiger partial charge in [0, 0.05) is 17.3 Å². The van der Waals surface area contributed by atoms with Crippen molar-refractivity contribution >= 4 is 21.8 Å². The van der Waals surface area contributed by atoms with Crippen molar-refractivity contribution in [3.63, 3.8) is 0 Å². The van der Waals surface area contributed by atoms with Gasteiger partial charge in [-0.3, -0.25) is 4.79 Å². The van der Waals surface area contributed by atoms with E-state index in [9.17, 15) is 4.79 Å². The molecule has 2 heteroatoms. The molecule has 3 rings (SSSR count). The highest BCUT2D eigenvalue weighted by Crippen LogP contribution is 2.29. The van der Waals surface area contributed by atoms with Gasteiger partial charge in [-0.2, -0.15) is 0 Å². The lowest BCUT2D eigenvalue weighted by molar-refractivity contribution is 0.590. The minimum Gasteiger partial charge on any atom is -0.340 e. The van der Waals surface area contributed by atoms with Gasteiger partial charge in [0.1, 0.15) is 0 Å². The van der Waals surface area contributed by atoms with Crippen molar-refractivity contribution in [2.75, 3.05) is 0 Å². The summed E-state index contributed by atoms with van der Waals surface area (Å²) >= 11 is 0. The number of fused-ring (bicyclic) bond motifs is 2. The summed E-state index contributed by atoms with van der Waals surface area (Å²) in [5.41, 5.74) is 4.73. The van der Waals surface area contributed by atoms with Crippen LogP contribution in [0.15, 0.2) is 41.2 Å². The fourth-order valence-electron chi connectivity index (χ4n) is 3.67. The second-order valence-corrected chi connectivity index (χ2v) is 9.80. The number of aromatic nitrogens is 1. The zero-order valence-corrected chi connectivity index (χ0v) is 17.9. The predicted octanol–water partition coefficient (Wildman–Crippen LogP) is 6.55. The summed E-state index contributed by atoms with van der Waals surface area (Å²) in [6.45, 7) is 16.3. The molecule has 1 aromatic heterocycles. The van der Waals surface area contributed by atoms with E-state index in [0.29, 0.717) is 0 Å². The summed E-state index contributed by atoms with van der Waals surface area (Å²) in [7, 11) is 0. The van der Waals surface area contributed by atoms with Gasteiger partial charge in [0.25, 0.3) is 0 Å². The summed E-state index contributed by atoms with van der Waals surface area (Å²) in [5, 5.41) is 1.69. The van der Waals surface area contributed by atoms with E-state index in [1.54, 1.807) is 0 Å². The monoisotopic (exact) mass is 363 g/mol. The molecule has 1 heterocycles. The number of benzene rings is 2. The molecule has 2 aromatic carbocycles. The number of unbranched alkanes of at least 4 members (excludes halogenated alkanes) is 1. The third-order valence-corrected chi connectivity index (χ3v) is 5.53. The highest BCUT2D eigenvalue weighted by Gasteiger charge is 2.19. The first-order chi connectivity index (χ1) is 12.5. The Balaban J connectivity index is 2.42. The van der Waals surface area contributed by atoms with Crippen LogP contribution < -0.4 is 5.43 Å². The molecule has 0 radical (unpaired) electrons. The standard InChI is InChI=1S/C25H33NO/c1-8-9-14-26-21-12-10-17(24(2,3)4)15-19(21)23(27)20-16-18(25(5,6)7)11-13-22(20)26/h10-13,15-16H,8-9,14H2,1-7H3. The smallest absolute Gasteiger partial charge is 0.197 e. The number of nitrogens with zero attached hydrogens (tertiary/aromatic N) is 1. The minimum atomic E-state index is 0.0249. The second-order valence-electron chi connectivity index (χ2n) is 9.80. The fraction of sp³-hybridized carbons (Fsp3) is 0.480. The van der Waals surface area contributed by atoms with Crippen LogP contribution in [0.1, 0.15) is 72.4 Å². The zero-order valence-electron chi connectivity index (χ0n) is 17.9. The quantitative estimate of drug-likeness (QED) is 0.484. The van der Waals surface area contributed by atoms with Crippen LogP contribution in [0, 0.1) is 0 Å². The van der Waals surface area contributed by atoms with Crippen LogP contribution in [0.25, 0.3) is 21.8 Å². The maximum atomic E-state index is 13.5. The van der Waals surface area contributed by atoms with E-state index in [0.717, 1.165) is 41.2 Å². The van der Waals surface area contributed by atoms with Gasteiger partial charge in [-0.05, 0) is 52.6 Å². The van der Waals surface area contributed by atoms with Gasteiger partial charge in [-0.15, -0.1) is 0 Å². The lowest BCUT2D eigenvalue weighted by Crippen LogP contribution is -2.17. The van der Waals surface area contributed by atoms with Crippen LogP contribution in [0.4, 0.5) is 0 Å². The molecule has 3 aromatic rings. The lowest BCUT2D eigenvalue weighted by Gasteiger charge is -2.23. The summed E-state index contributed by atoms with van der Waals surface area (Å²) in [5.74, 6) is 0. The van der Waals surface area contributed by atoms with Crippen LogP contribution in [-0.2, 0) is 17.4 Å². The van der Waals surface area contributed by atoms with E-state index in [1.807, 2.05) is 0 Å². The summed E-state index contributed by atoms with van der Waals surface area (Å²) in [6, 6.07) is 12.9. The molecular weight excluding hydrogens is 330 g/mol. The number of rotatable bonds is 3. The van der Waals surface area contributed by atoms with E-state index in [4.69, 9.17) is 0 Å². The Morgan fingerprint density at radius 2 is 1.22 bits per heavy atom. The van der Waals surface area contributed by atoms with Crippen molar-refractivity contribution in [2.45, 2.75) is 78.7 Å². The van der Waals surface area contributed by atoms with Crippen molar-refractivity contribution in [2.24, 2.45) is 0 Å². The van der Waals surface area contributed by atoms with Gasteiger partial charge < -0.3 is 4.57 Å². The topological polar surface area (TPSA) is 22.0 Å². The molecule has 27 heavy (non-hydrogen) atoms. The molecule has 0 aliphatic carbocycles. The first kappa shape index (κ1) is 19.7. The van der Waals surface area contributed by atoms with Crippen LogP contribution in [0.5, 0.6) is 0 Å². The molecule has 0 spiro atoms. The molecule has 0 unspecified atom stereocenters. The lowest BCUT2D eigenvalue weighted by atomic mass is 9.85. The maximum absolute atomic E-state index is 13.5. The number of aryl methyl sites for hydroxylation is 1. The third kappa shape index (κ3) is 3.67. The van der Waals surface area contributed by atoms with Gasteiger partial charge in [-0.1, -0.05) is 67.0 Å². The van der Waals surface area contributed by atoms with Crippen molar-refractivity contribution in [3.05, 3.63) is 57.7 Å². The van der Waals surface area contributed by atoms with Crippen LogP contribution in [0.3, 0.4) is 0 Å². The summed E-state index contributed by atoms with van der Waals surface area (Å²) in [6.07, 6.45) is 2.24. The largest absolute Gasteiger partial charge is 0.340 e. The third-order valence-electron chi connectivity index (χ3n) is 5.53. The van der Waals surface area contributed by atoms with E-state index in [2.05, 4.69) is 89.4 Å². The van der Waals surface area contributed by atoms with Crippen molar-refractivity contribution in [3.8, 4) is 0 Å². The van der Waals surface area contributed by atoms with Crippen molar-refractivity contribution < 1.29 is 0 Å². The molecule has 0 aliphatic heterocycles. The molecule has 0 N–H and O–H groups in total. The molecule has 0 amide bonds. The summed E-state index contributed by atoms with van der Waals surface area (Å²) < 4.78 is 2.34. The Morgan fingerprint density at radius 3 is 1.59 bits per heavy atom. The number of pyridine rings is 1. The molecule has 144 valence electrons. The molecule has 2 nitrogen and oxygen atoms in total. The first-order valence-electron chi connectivity index (χ1n) is 10.2. The normalized spacial score (nSPS) is 12.9. The van der Waals surface area contributed by atoms with E-state index < -0.39 is 0 Å². The van der Waals surface area contributed by atoms with E-state index in [-0.39, 0.29) is 16.3 Å². The first-order valence-corrected chi connectivity index (χ1v) is 10.2. The second kappa shape index (κ2) is 6.82. The SMILES string of the molecule is CCCCn1c2ccc(C(C)(C)C)cc2c(=O)c2cc(C(C)(C)C)ccc21. The molecule has 0 fully saturated rings. The molecule has 0 atom stereocenters. The molecule has 0 saturated carbocycles. The maximum Gasteiger partial charge on any atom is 0.197 e. The average molecular weight is 364 g/mol. The van der Waals surface area contributed by atoms with Crippen molar-refractivity contribution in [1.82, 2.24) is 4.57 Å². The molecule has 0 bridgehead atoms. The molecule has 0 saturated heterocycles. The number of hydrogen-bond acceptors (Lipinski definition) is 1. The van der Waals surface area contributed by atoms with Crippen LogP contribution in [-0.4, -0.2) is 4.57 Å². The van der Waals surface area contributed by atoms with E-state index in [1.165, 1.54) is 11.1 Å². The van der Waals surface area contributed by atoms with Crippen molar-refractivity contribution in [1.29, 1.82) is 0 Å². The van der Waals surface area contributed by atoms with Gasteiger partial charge in [-0.25, -0.2) is 0 Å². The van der Waals surface area contributed by atoms with Gasteiger partial charge in [0.05, 0.1) is 11.0 Å². The Bertz CT molecular complexity index is 964. The molecule has 0 aliphatic rings. The predicted molar refractivity (Wildman–Crippen MR) is 118 cm³/mol. The van der Waals surface area contributed by atoms with Crippen LogP contribution >= 0.6 is 0 Å². The zero-order chi connectivity index (χ0) is 20.0. The van der Waals surface area contributed by atoms with Gasteiger partial charge in [0.2, 0.25) is 0 Å². The van der Waals surface area contributed by atoms with Crippen LogP contribution in [0.2, 0.25) is 0 Å². The van der Waals surface area contributed by atoms with Gasteiger partial charge >= 0.3 is 0 Å². The number of hydrogen-bond donors (Lipinski definition) is 0.